The molecule has 0 aliphatic rings. The van der Waals surface area contributed by atoms with E-state index < -0.39 is 0 Å². The number of nitrogens with zero attached hydrogens (tertiary/aromatic N) is 1. The Balaban J connectivity index is 3.74. The topological polar surface area (TPSA) is 40.5 Å². The van der Waals surface area contributed by atoms with Crippen LogP contribution in [0, 0.1) is 5.41 Å². The molecule has 0 fully saturated rings. The molecule has 0 atom stereocenters. The molecule has 0 radical (unpaired) electrons. The van der Waals surface area contributed by atoms with Gasteiger partial charge in [0.2, 0.25) is 5.91 Å². The zero-order valence-electron chi connectivity index (χ0n) is 9.84. The largest absolute Gasteiger partial charge is 0.396 e. The van der Waals surface area contributed by atoms with E-state index in [1.165, 1.54) is 0 Å². The fourth-order valence-electron chi connectivity index (χ4n) is 1.31. The second-order valence-corrected chi connectivity index (χ2v) is 4.76. The van der Waals surface area contributed by atoms with Crippen LogP contribution in [0.4, 0.5) is 0 Å². The summed E-state index contributed by atoms with van der Waals surface area (Å²) in [6.45, 7) is 6.83. The van der Waals surface area contributed by atoms with Gasteiger partial charge in [0.15, 0.2) is 0 Å². The zero-order valence-corrected chi connectivity index (χ0v) is 9.84. The molecule has 1 amide bonds. The maximum absolute atomic E-state index is 11.7. The van der Waals surface area contributed by atoms with Gasteiger partial charge in [-0.05, 0) is 19.3 Å². The molecule has 0 heterocycles. The first-order valence-electron chi connectivity index (χ1n) is 5.26. The first-order valence-corrected chi connectivity index (χ1v) is 5.26. The summed E-state index contributed by atoms with van der Waals surface area (Å²) in [6.07, 6.45) is 2.79. The zero-order chi connectivity index (χ0) is 11.2. The Labute approximate surface area is 87.1 Å². The van der Waals surface area contributed by atoms with Gasteiger partial charge in [-0.2, -0.15) is 0 Å². The molecule has 0 aromatic rings. The molecule has 3 nitrogen and oxygen atoms in total. The standard InChI is InChI=1S/C11H23NO2/c1-11(2,3)10(14)12(4)8-6-5-7-9-13/h13H,5-9H2,1-4H3. The number of amides is 1. The summed E-state index contributed by atoms with van der Waals surface area (Å²) >= 11 is 0. The van der Waals surface area contributed by atoms with Gasteiger partial charge in [0, 0.05) is 25.6 Å². The maximum Gasteiger partial charge on any atom is 0.227 e. The summed E-state index contributed by atoms with van der Waals surface area (Å²) in [4.78, 5) is 13.5. The lowest BCUT2D eigenvalue weighted by atomic mass is 9.95. The molecular formula is C11H23NO2. The fourth-order valence-corrected chi connectivity index (χ4v) is 1.31. The number of unbranched alkanes of at least 4 members (excludes halogenated alkanes) is 2. The van der Waals surface area contributed by atoms with Crippen molar-refractivity contribution in [3.8, 4) is 0 Å². The average molecular weight is 201 g/mol. The van der Waals surface area contributed by atoms with Crippen LogP contribution in [-0.2, 0) is 4.79 Å². The normalized spacial score (nSPS) is 11.5. The first-order chi connectivity index (χ1) is 6.39. The van der Waals surface area contributed by atoms with E-state index in [4.69, 9.17) is 5.11 Å². The summed E-state index contributed by atoms with van der Waals surface area (Å²) < 4.78 is 0. The van der Waals surface area contributed by atoms with Crippen molar-refractivity contribution in [2.45, 2.75) is 40.0 Å². The molecule has 0 aliphatic carbocycles. The first kappa shape index (κ1) is 13.4. The van der Waals surface area contributed by atoms with Crippen LogP contribution in [0.5, 0.6) is 0 Å². The van der Waals surface area contributed by atoms with Crippen molar-refractivity contribution in [1.29, 1.82) is 0 Å². The highest BCUT2D eigenvalue weighted by Gasteiger charge is 2.24. The monoisotopic (exact) mass is 201 g/mol. The van der Waals surface area contributed by atoms with Crippen molar-refractivity contribution in [3.05, 3.63) is 0 Å². The lowest BCUT2D eigenvalue weighted by molar-refractivity contribution is -0.138. The smallest absolute Gasteiger partial charge is 0.227 e. The molecule has 0 spiro atoms. The molecule has 0 saturated heterocycles. The second-order valence-electron chi connectivity index (χ2n) is 4.76. The highest BCUT2D eigenvalue weighted by Crippen LogP contribution is 2.16. The number of hydrogen-bond donors (Lipinski definition) is 1. The molecule has 3 heteroatoms. The predicted molar refractivity (Wildman–Crippen MR) is 58.0 cm³/mol. The quantitative estimate of drug-likeness (QED) is 0.687. The summed E-state index contributed by atoms with van der Waals surface area (Å²) in [5.41, 5.74) is -0.286. The molecule has 0 rings (SSSR count). The Morgan fingerprint density at radius 2 is 1.79 bits per heavy atom. The number of rotatable bonds is 5. The molecule has 0 aromatic heterocycles. The third-order valence-corrected chi connectivity index (χ3v) is 2.14. The molecule has 14 heavy (non-hydrogen) atoms. The predicted octanol–water partition coefficient (Wildman–Crippen LogP) is 1.65. The van der Waals surface area contributed by atoms with Gasteiger partial charge in [-0.25, -0.2) is 0 Å². The average Bonchev–Trinajstić information content (AvgIpc) is 2.09. The van der Waals surface area contributed by atoms with E-state index in [1.54, 1.807) is 4.90 Å². The number of aliphatic hydroxyl groups is 1. The molecule has 0 aliphatic heterocycles. The van der Waals surface area contributed by atoms with E-state index in [0.29, 0.717) is 0 Å². The summed E-state index contributed by atoms with van der Waals surface area (Å²) in [7, 11) is 1.84. The van der Waals surface area contributed by atoms with Gasteiger partial charge in [0.05, 0.1) is 0 Å². The second kappa shape index (κ2) is 6.02. The van der Waals surface area contributed by atoms with Crippen LogP contribution in [-0.4, -0.2) is 36.1 Å². The van der Waals surface area contributed by atoms with Crippen molar-refractivity contribution in [2.24, 2.45) is 5.41 Å². The number of aliphatic hydroxyl groups excluding tert-OH is 1. The SMILES string of the molecule is CN(CCCCCO)C(=O)C(C)(C)C. The van der Waals surface area contributed by atoms with Crippen molar-refractivity contribution < 1.29 is 9.90 Å². The highest BCUT2D eigenvalue weighted by molar-refractivity contribution is 5.81. The van der Waals surface area contributed by atoms with Gasteiger partial charge in [-0.15, -0.1) is 0 Å². The summed E-state index contributed by atoms with van der Waals surface area (Å²) in [6, 6.07) is 0. The minimum absolute atomic E-state index is 0.182. The Morgan fingerprint density at radius 1 is 1.21 bits per heavy atom. The van der Waals surface area contributed by atoms with Gasteiger partial charge < -0.3 is 10.0 Å². The van der Waals surface area contributed by atoms with Crippen molar-refractivity contribution in [2.75, 3.05) is 20.2 Å². The summed E-state index contributed by atoms with van der Waals surface area (Å²) in [5.74, 6) is 0.182. The van der Waals surface area contributed by atoms with E-state index in [-0.39, 0.29) is 17.9 Å². The Hall–Kier alpha value is -0.570. The molecule has 1 N–H and O–H groups in total. The van der Waals surface area contributed by atoms with Gasteiger partial charge in [0.1, 0.15) is 0 Å². The van der Waals surface area contributed by atoms with Crippen LogP contribution in [0.15, 0.2) is 0 Å². The van der Waals surface area contributed by atoms with Crippen molar-refractivity contribution >= 4 is 5.91 Å². The van der Waals surface area contributed by atoms with E-state index >= 15 is 0 Å². The van der Waals surface area contributed by atoms with Crippen molar-refractivity contribution in [1.82, 2.24) is 4.90 Å². The van der Waals surface area contributed by atoms with E-state index in [0.717, 1.165) is 25.8 Å². The lowest BCUT2D eigenvalue weighted by Gasteiger charge is -2.25. The molecule has 0 saturated carbocycles. The van der Waals surface area contributed by atoms with Crippen molar-refractivity contribution in [3.63, 3.8) is 0 Å². The number of carbonyl (C=O) groups excluding carboxylic acids is 1. The molecule has 0 bridgehead atoms. The van der Waals surface area contributed by atoms with Crippen LogP contribution < -0.4 is 0 Å². The third kappa shape index (κ3) is 5.22. The van der Waals surface area contributed by atoms with E-state index in [2.05, 4.69) is 0 Å². The van der Waals surface area contributed by atoms with Crippen LogP contribution in [0.2, 0.25) is 0 Å². The minimum atomic E-state index is -0.286. The fraction of sp³-hybridized carbons (Fsp3) is 0.909. The van der Waals surface area contributed by atoms with Gasteiger partial charge >= 0.3 is 0 Å². The summed E-state index contributed by atoms with van der Waals surface area (Å²) in [5, 5.41) is 8.59. The van der Waals surface area contributed by atoms with Crippen LogP contribution in [0.3, 0.4) is 0 Å². The molecule has 0 unspecified atom stereocenters. The Morgan fingerprint density at radius 3 is 2.21 bits per heavy atom. The number of carbonyl (C=O) groups is 1. The van der Waals surface area contributed by atoms with Crippen LogP contribution in [0.1, 0.15) is 40.0 Å². The Kier molecular flexibility index (Phi) is 5.77. The Bertz CT molecular complexity index is 173. The number of hydrogen-bond acceptors (Lipinski definition) is 2. The van der Waals surface area contributed by atoms with E-state index in [1.807, 2.05) is 27.8 Å². The molecule has 0 aromatic carbocycles. The van der Waals surface area contributed by atoms with Crippen LogP contribution >= 0.6 is 0 Å². The molecule has 84 valence electrons. The van der Waals surface area contributed by atoms with Crippen LogP contribution in [0.25, 0.3) is 0 Å². The van der Waals surface area contributed by atoms with E-state index in [9.17, 15) is 4.79 Å². The lowest BCUT2D eigenvalue weighted by Crippen LogP contribution is -2.37. The minimum Gasteiger partial charge on any atom is -0.396 e. The molecular weight excluding hydrogens is 178 g/mol. The van der Waals surface area contributed by atoms with Gasteiger partial charge in [-0.1, -0.05) is 20.8 Å². The van der Waals surface area contributed by atoms with Gasteiger partial charge in [-0.3, -0.25) is 4.79 Å². The maximum atomic E-state index is 11.7. The highest BCUT2D eigenvalue weighted by atomic mass is 16.2. The third-order valence-electron chi connectivity index (χ3n) is 2.14. The van der Waals surface area contributed by atoms with Gasteiger partial charge in [0.25, 0.3) is 0 Å².